The van der Waals surface area contributed by atoms with E-state index in [-0.39, 0.29) is 11.8 Å². The quantitative estimate of drug-likeness (QED) is 0.932. The number of anilines is 1. The van der Waals surface area contributed by atoms with Crippen molar-refractivity contribution in [3.05, 3.63) is 29.5 Å². The second kappa shape index (κ2) is 4.97. The van der Waals surface area contributed by atoms with Crippen LogP contribution >= 0.6 is 11.6 Å². The van der Waals surface area contributed by atoms with Crippen LogP contribution in [-0.4, -0.2) is 26.1 Å². The van der Waals surface area contributed by atoms with E-state index in [9.17, 15) is 4.79 Å². The van der Waals surface area contributed by atoms with Crippen LogP contribution in [0.1, 0.15) is 19.3 Å². The molecule has 19 heavy (non-hydrogen) atoms. The first kappa shape index (κ1) is 12.1. The van der Waals surface area contributed by atoms with Gasteiger partial charge in [-0.15, -0.1) is 5.10 Å². The van der Waals surface area contributed by atoms with Gasteiger partial charge in [0.2, 0.25) is 5.91 Å². The Morgan fingerprint density at radius 1 is 1.42 bits per heavy atom. The summed E-state index contributed by atoms with van der Waals surface area (Å²) in [5, 5.41) is 14.3. The number of benzene rings is 1. The predicted molar refractivity (Wildman–Crippen MR) is 70.1 cm³/mol. The number of rotatable bonds is 3. The van der Waals surface area contributed by atoms with Crippen molar-refractivity contribution in [2.75, 3.05) is 5.32 Å². The Labute approximate surface area is 114 Å². The first-order chi connectivity index (χ1) is 9.24. The zero-order valence-corrected chi connectivity index (χ0v) is 10.8. The van der Waals surface area contributed by atoms with Gasteiger partial charge in [0.15, 0.2) is 0 Å². The van der Waals surface area contributed by atoms with Gasteiger partial charge in [-0.05, 0) is 41.5 Å². The maximum Gasteiger partial charge on any atom is 0.227 e. The van der Waals surface area contributed by atoms with E-state index in [2.05, 4.69) is 20.8 Å². The molecule has 1 N–H and O–H groups in total. The molecule has 98 valence electrons. The van der Waals surface area contributed by atoms with Gasteiger partial charge in [0.05, 0.1) is 16.4 Å². The number of carbonyl (C=O) groups excluding carboxylic acids is 1. The molecule has 1 amide bonds. The third-order valence-corrected chi connectivity index (χ3v) is 3.63. The van der Waals surface area contributed by atoms with Crippen molar-refractivity contribution in [3.8, 4) is 5.69 Å². The zero-order valence-electron chi connectivity index (χ0n) is 10.1. The minimum atomic E-state index is 0.0296. The average molecular weight is 278 g/mol. The molecule has 3 rings (SSSR count). The molecule has 2 aromatic rings. The van der Waals surface area contributed by atoms with Crippen LogP contribution in [0.15, 0.2) is 24.5 Å². The van der Waals surface area contributed by atoms with E-state index in [0.717, 1.165) is 24.9 Å². The van der Waals surface area contributed by atoms with Crippen molar-refractivity contribution in [2.24, 2.45) is 5.92 Å². The Bertz CT molecular complexity index is 594. The summed E-state index contributed by atoms with van der Waals surface area (Å²) in [6.07, 6.45) is 4.52. The highest BCUT2D eigenvalue weighted by atomic mass is 35.5. The van der Waals surface area contributed by atoms with Crippen LogP contribution in [0.4, 0.5) is 5.69 Å². The van der Waals surface area contributed by atoms with E-state index >= 15 is 0 Å². The zero-order chi connectivity index (χ0) is 13.2. The van der Waals surface area contributed by atoms with Gasteiger partial charge in [0, 0.05) is 5.92 Å². The topological polar surface area (TPSA) is 72.7 Å². The van der Waals surface area contributed by atoms with E-state index in [1.807, 2.05) is 0 Å². The summed E-state index contributed by atoms with van der Waals surface area (Å²) in [6, 6.07) is 5.27. The molecule has 0 aliphatic heterocycles. The van der Waals surface area contributed by atoms with Crippen LogP contribution < -0.4 is 5.32 Å². The lowest BCUT2D eigenvalue weighted by molar-refractivity contribution is -0.122. The van der Waals surface area contributed by atoms with E-state index in [1.165, 1.54) is 11.0 Å². The third kappa shape index (κ3) is 2.44. The van der Waals surface area contributed by atoms with Crippen molar-refractivity contribution in [3.63, 3.8) is 0 Å². The average Bonchev–Trinajstić information content (AvgIpc) is 2.83. The summed E-state index contributed by atoms with van der Waals surface area (Å²) in [4.78, 5) is 11.9. The number of aromatic nitrogens is 4. The Kier molecular flexibility index (Phi) is 3.16. The standard InChI is InChI=1S/C12H12ClN5O/c13-10-5-4-9(18-7-14-16-17-18)6-11(10)15-12(19)8-2-1-3-8/h4-8H,1-3H2,(H,15,19). The Morgan fingerprint density at radius 3 is 2.89 bits per heavy atom. The fourth-order valence-electron chi connectivity index (χ4n) is 1.94. The smallest absolute Gasteiger partial charge is 0.227 e. The Hall–Kier alpha value is -1.95. The minimum absolute atomic E-state index is 0.0296. The van der Waals surface area contributed by atoms with Gasteiger partial charge >= 0.3 is 0 Å². The van der Waals surface area contributed by atoms with Crippen molar-refractivity contribution < 1.29 is 4.79 Å². The molecule has 0 unspecified atom stereocenters. The van der Waals surface area contributed by atoms with Gasteiger partial charge in [-0.25, -0.2) is 4.68 Å². The number of halogens is 1. The number of nitrogens with one attached hydrogen (secondary N) is 1. The van der Waals surface area contributed by atoms with Gasteiger partial charge < -0.3 is 5.32 Å². The first-order valence-corrected chi connectivity index (χ1v) is 6.45. The van der Waals surface area contributed by atoms with Crippen LogP contribution in [0.5, 0.6) is 0 Å². The summed E-state index contributed by atoms with van der Waals surface area (Å²) in [6.45, 7) is 0. The molecule has 1 saturated carbocycles. The fraction of sp³-hybridized carbons (Fsp3) is 0.333. The number of tetrazole rings is 1. The maximum absolute atomic E-state index is 11.9. The highest BCUT2D eigenvalue weighted by Gasteiger charge is 2.25. The van der Waals surface area contributed by atoms with Crippen molar-refractivity contribution in [1.82, 2.24) is 20.2 Å². The largest absolute Gasteiger partial charge is 0.324 e. The number of hydrogen-bond acceptors (Lipinski definition) is 4. The molecule has 1 aromatic heterocycles. The second-order valence-electron chi connectivity index (χ2n) is 4.54. The first-order valence-electron chi connectivity index (χ1n) is 6.08. The number of nitrogens with zero attached hydrogens (tertiary/aromatic N) is 4. The highest BCUT2D eigenvalue weighted by Crippen LogP contribution is 2.30. The molecule has 0 radical (unpaired) electrons. The highest BCUT2D eigenvalue weighted by molar-refractivity contribution is 6.33. The monoisotopic (exact) mass is 277 g/mol. The normalized spacial score (nSPS) is 15.0. The summed E-state index contributed by atoms with van der Waals surface area (Å²) >= 11 is 6.09. The SMILES string of the molecule is O=C(Nc1cc(-n2cnnn2)ccc1Cl)C1CCC1. The van der Waals surface area contributed by atoms with Crippen molar-refractivity contribution in [1.29, 1.82) is 0 Å². The predicted octanol–water partition coefficient (Wildman–Crippen LogP) is 2.05. The molecule has 1 aliphatic carbocycles. The summed E-state index contributed by atoms with van der Waals surface area (Å²) in [7, 11) is 0. The van der Waals surface area contributed by atoms with Crippen LogP contribution in [0.2, 0.25) is 5.02 Å². The molecule has 1 fully saturated rings. The maximum atomic E-state index is 11.9. The number of hydrogen-bond donors (Lipinski definition) is 1. The van der Waals surface area contributed by atoms with E-state index in [4.69, 9.17) is 11.6 Å². The molecule has 1 aliphatic rings. The molecular formula is C12H12ClN5O. The molecule has 0 atom stereocenters. The molecule has 0 saturated heterocycles. The molecule has 7 heteroatoms. The Balaban J connectivity index is 1.83. The lowest BCUT2D eigenvalue weighted by Crippen LogP contribution is -2.28. The van der Waals surface area contributed by atoms with E-state index in [1.54, 1.807) is 18.2 Å². The molecule has 1 aromatic carbocycles. The van der Waals surface area contributed by atoms with E-state index in [0.29, 0.717) is 10.7 Å². The minimum Gasteiger partial charge on any atom is -0.324 e. The third-order valence-electron chi connectivity index (χ3n) is 3.30. The lowest BCUT2D eigenvalue weighted by Gasteiger charge is -2.24. The summed E-state index contributed by atoms with van der Waals surface area (Å²) in [5.74, 6) is 0.148. The van der Waals surface area contributed by atoms with Crippen LogP contribution in [0, 0.1) is 5.92 Å². The van der Waals surface area contributed by atoms with E-state index < -0.39 is 0 Å². The molecule has 0 bridgehead atoms. The van der Waals surface area contributed by atoms with Gasteiger partial charge in [-0.1, -0.05) is 18.0 Å². The van der Waals surface area contributed by atoms with Crippen LogP contribution in [0.25, 0.3) is 5.69 Å². The molecule has 6 nitrogen and oxygen atoms in total. The lowest BCUT2D eigenvalue weighted by atomic mass is 9.85. The molecular weight excluding hydrogens is 266 g/mol. The number of amides is 1. The van der Waals surface area contributed by atoms with Gasteiger partial charge in [0.1, 0.15) is 6.33 Å². The van der Waals surface area contributed by atoms with Gasteiger partial charge in [0.25, 0.3) is 0 Å². The molecule has 0 spiro atoms. The summed E-state index contributed by atoms with van der Waals surface area (Å²) < 4.78 is 1.51. The van der Waals surface area contributed by atoms with Crippen molar-refractivity contribution >= 4 is 23.2 Å². The second-order valence-corrected chi connectivity index (χ2v) is 4.94. The Morgan fingerprint density at radius 2 is 2.26 bits per heavy atom. The van der Waals surface area contributed by atoms with Gasteiger partial charge in [-0.2, -0.15) is 0 Å². The number of carbonyl (C=O) groups is 1. The van der Waals surface area contributed by atoms with Gasteiger partial charge in [-0.3, -0.25) is 4.79 Å². The summed E-state index contributed by atoms with van der Waals surface area (Å²) in [5.41, 5.74) is 1.34. The fourth-order valence-corrected chi connectivity index (χ4v) is 2.10. The molecule has 1 heterocycles. The van der Waals surface area contributed by atoms with Crippen LogP contribution in [-0.2, 0) is 4.79 Å². The van der Waals surface area contributed by atoms with Crippen LogP contribution in [0.3, 0.4) is 0 Å². The van der Waals surface area contributed by atoms with Crippen molar-refractivity contribution in [2.45, 2.75) is 19.3 Å².